The third-order valence-electron chi connectivity index (χ3n) is 6.78. The molecule has 0 aliphatic carbocycles. The number of nitrogens with zero attached hydrogens (tertiary/aromatic N) is 4. The van der Waals surface area contributed by atoms with E-state index in [2.05, 4.69) is 33.4 Å². The molecule has 2 aromatic carbocycles. The van der Waals surface area contributed by atoms with Crippen LogP contribution in [0.3, 0.4) is 0 Å². The number of fused-ring (bicyclic) bond motifs is 1. The molecule has 224 valence electrons. The number of benzene rings is 2. The molecule has 0 bridgehead atoms. The Morgan fingerprint density at radius 1 is 1.14 bits per heavy atom. The standard InChI is InChI=1S/C31H32BrN5O6/c1-31(2,3)37(30(41)42)26(7-5-6-12-35-29(39)40)28(38)36-18-24(23-15-22(32)9-10-25(23)36)21(17-34)14-20-13-19(16-33)8-11-27(20)43-4/h8-11,13-15,18,26,35H,5-7,12H2,1-4H3,(H,39,40)(H,41,42)/t26-/m1/s1. The molecule has 1 aromatic heterocycles. The van der Waals surface area contributed by atoms with Gasteiger partial charge < -0.3 is 20.3 Å². The van der Waals surface area contributed by atoms with Crippen LogP contribution in [0.2, 0.25) is 0 Å². The maximum atomic E-state index is 14.3. The molecule has 3 rings (SSSR count). The predicted molar refractivity (Wildman–Crippen MR) is 165 cm³/mol. The van der Waals surface area contributed by atoms with Gasteiger partial charge in [0.1, 0.15) is 11.8 Å². The van der Waals surface area contributed by atoms with Gasteiger partial charge in [-0.3, -0.25) is 14.3 Å². The molecule has 0 saturated heterocycles. The quantitative estimate of drug-likeness (QED) is 0.163. The van der Waals surface area contributed by atoms with Crippen LogP contribution in [0, 0.1) is 22.7 Å². The van der Waals surface area contributed by atoms with Crippen molar-refractivity contribution >= 4 is 56.6 Å². The summed E-state index contributed by atoms with van der Waals surface area (Å²) >= 11 is 3.46. The number of ether oxygens (including phenoxy) is 1. The van der Waals surface area contributed by atoms with E-state index in [1.54, 1.807) is 63.2 Å². The minimum absolute atomic E-state index is 0.147. The molecule has 2 amide bonds. The van der Waals surface area contributed by atoms with Crippen LogP contribution in [-0.2, 0) is 0 Å². The van der Waals surface area contributed by atoms with Crippen molar-refractivity contribution in [2.45, 2.75) is 51.6 Å². The van der Waals surface area contributed by atoms with Gasteiger partial charge in [0.15, 0.2) is 0 Å². The summed E-state index contributed by atoms with van der Waals surface area (Å²) in [6, 6.07) is 13.2. The van der Waals surface area contributed by atoms with E-state index < -0.39 is 29.7 Å². The SMILES string of the molecule is COc1ccc(C#N)cc1C=C(C#N)c1cn(C(=O)[C@@H](CCCCNC(=O)O)N(C(=O)O)C(C)(C)C)c2ccc(Br)cc12. The Kier molecular flexibility index (Phi) is 10.6. The lowest BCUT2D eigenvalue weighted by molar-refractivity contribution is 0.0468. The van der Waals surface area contributed by atoms with Crippen LogP contribution in [0.4, 0.5) is 9.59 Å². The van der Waals surface area contributed by atoms with Gasteiger partial charge in [-0.1, -0.05) is 15.9 Å². The second-order valence-corrected chi connectivity index (χ2v) is 11.6. The van der Waals surface area contributed by atoms with Gasteiger partial charge in [0.05, 0.1) is 35.9 Å². The Labute approximate surface area is 257 Å². The molecule has 0 unspecified atom stereocenters. The molecule has 12 heteroatoms. The van der Waals surface area contributed by atoms with E-state index in [-0.39, 0.29) is 18.5 Å². The van der Waals surface area contributed by atoms with Crippen molar-refractivity contribution in [3.8, 4) is 17.9 Å². The van der Waals surface area contributed by atoms with E-state index >= 15 is 0 Å². The van der Waals surface area contributed by atoms with Crippen LogP contribution in [0.15, 0.2) is 47.1 Å². The zero-order chi connectivity index (χ0) is 31.9. The molecule has 0 saturated carbocycles. The van der Waals surface area contributed by atoms with Crippen molar-refractivity contribution in [1.29, 1.82) is 10.5 Å². The first-order valence-corrected chi connectivity index (χ1v) is 14.2. The van der Waals surface area contributed by atoms with Crippen molar-refractivity contribution in [2.24, 2.45) is 0 Å². The summed E-state index contributed by atoms with van der Waals surface area (Å²) in [5.41, 5.74) is 1.04. The molecule has 1 heterocycles. The van der Waals surface area contributed by atoms with Crippen LogP contribution in [0.1, 0.15) is 61.5 Å². The number of nitrogens with one attached hydrogen (secondary N) is 1. The molecule has 0 radical (unpaired) electrons. The highest BCUT2D eigenvalue weighted by Gasteiger charge is 2.38. The van der Waals surface area contributed by atoms with E-state index in [1.165, 1.54) is 17.9 Å². The van der Waals surface area contributed by atoms with Crippen LogP contribution in [0.25, 0.3) is 22.6 Å². The molecule has 43 heavy (non-hydrogen) atoms. The smallest absolute Gasteiger partial charge is 0.408 e. The zero-order valence-electron chi connectivity index (χ0n) is 24.2. The Bertz CT molecular complexity index is 1660. The number of rotatable bonds is 10. The van der Waals surface area contributed by atoms with E-state index in [0.717, 1.165) is 4.90 Å². The van der Waals surface area contributed by atoms with Crippen molar-refractivity contribution < 1.29 is 29.3 Å². The minimum Gasteiger partial charge on any atom is -0.496 e. The molecule has 0 aliphatic heterocycles. The van der Waals surface area contributed by atoms with E-state index in [0.29, 0.717) is 50.7 Å². The first kappa shape index (κ1) is 32.7. The van der Waals surface area contributed by atoms with Crippen molar-refractivity contribution in [1.82, 2.24) is 14.8 Å². The van der Waals surface area contributed by atoms with Gasteiger partial charge in [-0.15, -0.1) is 0 Å². The highest BCUT2D eigenvalue weighted by Crippen LogP contribution is 2.34. The topological polar surface area (TPSA) is 169 Å². The Morgan fingerprint density at radius 2 is 1.86 bits per heavy atom. The summed E-state index contributed by atoms with van der Waals surface area (Å²) in [6.07, 6.45) is 1.61. The van der Waals surface area contributed by atoms with Gasteiger partial charge in [0, 0.05) is 39.3 Å². The summed E-state index contributed by atoms with van der Waals surface area (Å²) in [5, 5.41) is 41.5. The monoisotopic (exact) mass is 649 g/mol. The fourth-order valence-electron chi connectivity index (χ4n) is 4.91. The second kappa shape index (κ2) is 13.9. The predicted octanol–water partition coefficient (Wildman–Crippen LogP) is 6.57. The highest BCUT2D eigenvalue weighted by molar-refractivity contribution is 9.10. The second-order valence-electron chi connectivity index (χ2n) is 10.7. The first-order valence-electron chi connectivity index (χ1n) is 13.4. The summed E-state index contributed by atoms with van der Waals surface area (Å²) in [4.78, 5) is 38.7. The molecule has 11 nitrogen and oxygen atoms in total. The van der Waals surface area contributed by atoms with Gasteiger partial charge in [-0.2, -0.15) is 10.5 Å². The third-order valence-corrected chi connectivity index (χ3v) is 7.27. The van der Waals surface area contributed by atoms with E-state index in [4.69, 9.17) is 9.84 Å². The Hall–Kier alpha value is -4.81. The van der Waals surface area contributed by atoms with Gasteiger partial charge in [0.25, 0.3) is 5.91 Å². The van der Waals surface area contributed by atoms with Crippen molar-refractivity contribution in [2.75, 3.05) is 13.7 Å². The van der Waals surface area contributed by atoms with Crippen LogP contribution in [0.5, 0.6) is 5.75 Å². The number of methoxy groups -OCH3 is 1. The zero-order valence-corrected chi connectivity index (χ0v) is 25.8. The number of carbonyl (C=O) groups excluding carboxylic acids is 1. The van der Waals surface area contributed by atoms with E-state index in [1.807, 2.05) is 0 Å². The fourth-order valence-corrected chi connectivity index (χ4v) is 5.27. The summed E-state index contributed by atoms with van der Waals surface area (Å²) < 4.78 is 7.50. The van der Waals surface area contributed by atoms with Gasteiger partial charge in [0.2, 0.25) is 0 Å². The van der Waals surface area contributed by atoms with Gasteiger partial charge in [-0.25, -0.2) is 9.59 Å². The lowest BCUT2D eigenvalue weighted by Gasteiger charge is -2.39. The summed E-state index contributed by atoms with van der Waals surface area (Å²) in [6.45, 7) is 5.26. The number of carboxylic acid groups (broad SMARTS) is 2. The Morgan fingerprint density at radius 3 is 2.44 bits per heavy atom. The fraction of sp³-hybridized carbons (Fsp3) is 0.323. The van der Waals surface area contributed by atoms with Crippen LogP contribution >= 0.6 is 15.9 Å². The number of halogens is 1. The largest absolute Gasteiger partial charge is 0.496 e. The van der Waals surface area contributed by atoms with Gasteiger partial charge >= 0.3 is 12.2 Å². The maximum absolute atomic E-state index is 14.3. The van der Waals surface area contributed by atoms with Crippen molar-refractivity contribution in [3.63, 3.8) is 0 Å². The number of amides is 2. The normalized spacial score (nSPS) is 12.2. The van der Waals surface area contributed by atoms with Crippen molar-refractivity contribution in [3.05, 3.63) is 63.8 Å². The minimum atomic E-state index is -1.27. The average Bonchev–Trinajstić information content (AvgIpc) is 3.31. The lowest BCUT2D eigenvalue weighted by atomic mass is 9.99. The molecular formula is C31H32BrN5O6. The Balaban J connectivity index is 2.18. The number of carbonyl (C=O) groups is 3. The summed E-state index contributed by atoms with van der Waals surface area (Å²) in [7, 11) is 1.48. The molecule has 0 spiro atoms. The van der Waals surface area contributed by atoms with Crippen LogP contribution in [-0.4, -0.2) is 63.0 Å². The lowest BCUT2D eigenvalue weighted by Crippen LogP contribution is -2.55. The number of hydrogen-bond acceptors (Lipinski definition) is 6. The molecule has 0 fully saturated rings. The molecule has 3 N–H and O–H groups in total. The maximum Gasteiger partial charge on any atom is 0.408 e. The molecule has 0 aliphatic rings. The highest BCUT2D eigenvalue weighted by atomic mass is 79.9. The average molecular weight is 651 g/mol. The molecule has 3 aromatic rings. The first-order chi connectivity index (χ1) is 20.3. The number of aromatic nitrogens is 1. The van der Waals surface area contributed by atoms with Gasteiger partial charge in [-0.05, 0) is 82.5 Å². The number of unbranched alkanes of at least 4 members (excludes halogenated alkanes) is 1. The third kappa shape index (κ3) is 7.73. The number of nitriles is 2. The number of allylic oxidation sites excluding steroid dienone is 1. The van der Waals surface area contributed by atoms with E-state index in [9.17, 15) is 30.0 Å². The van der Waals surface area contributed by atoms with Crippen LogP contribution < -0.4 is 10.1 Å². The summed E-state index contributed by atoms with van der Waals surface area (Å²) in [5.74, 6) is -0.0593. The molecular weight excluding hydrogens is 618 g/mol. The number of hydrogen-bond donors (Lipinski definition) is 3. The molecule has 1 atom stereocenters.